The van der Waals surface area contributed by atoms with Crippen LogP contribution in [0.4, 0.5) is 0 Å². The summed E-state index contributed by atoms with van der Waals surface area (Å²) in [5, 5.41) is 6.51. The van der Waals surface area contributed by atoms with E-state index in [4.69, 9.17) is 18.1 Å². The van der Waals surface area contributed by atoms with E-state index in [1.54, 1.807) is 27.7 Å². The Morgan fingerprint density at radius 1 is 0.760 bits per heavy atom. The van der Waals surface area contributed by atoms with Crippen molar-refractivity contribution in [1.29, 1.82) is 0 Å². The molecule has 0 radical (unpaired) electrons. The highest BCUT2D eigenvalue weighted by molar-refractivity contribution is 7.54. The predicted molar refractivity (Wildman–Crippen MR) is 102 cm³/mol. The summed E-state index contributed by atoms with van der Waals surface area (Å²) < 4.78 is 45.6. The highest BCUT2D eigenvalue weighted by Gasteiger charge is 2.24. The SMILES string of the molecule is CCOP(=O)(CCNCC(C)NCCP(=O)(OCC)OCC)OCC. The van der Waals surface area contributed by atoms with Gasteiger partial charge in [0, 0.05) is 25.7 Å². The topological polar surface area (TPSA) is 95.1 Å². The predicted octanol–water partition coefficient (Wildman–Crippen LogP) is 3.09. The van der Waals surface area contributed by atoms with Gasteiger partial charge < -0.3 is 28.7 Å². The van der Waals surface area contributed by atoms with Gasteiger partial charge in [-0.2, -0.15) is 0 Å². The Morgan fingerprint density at radius 2 is 1.16 bits per heavy atom. The Bertz CT molecular complexity index is 405. The molecule has 1 atom stereocenters. The van der Waals surface area contributed by atoms with Crippen LogP contribution < -0.4 is 10.6 Å². The molecular weight excluding hydrogens is 366 g/mol. The van der Waals surface area contributed by atoms with Crippen LogP contribution in [0.3, 0.4) is 0 Å². The molecule has 0 rings (SSSR count). The minimum atomic E-state index is -3.00. The van der Waals surface area contributed by atoms with Gasteiger partial charge in [0.15, 0.2) is 0 Å². The summed E-state index contributed by atoms with van der Waals surface area (Å²) in [4.78, 5) is 0. The van der Waals surface area contributed by atoms with Crippen LogP contribution in [0.1, 0.15) is 34.6 Å². The first-order valence-electron chi connectivity index (χ1n) is 9.05. The third kappa shape index (κ3) is 12.3. The van der Waals surface area contributed by atoms with Gasteiger partial charge in [0.2, 0.25) is 0 Å². The summed E-state index contributed by atoms with van der Waals surface area (Å²) in [5.41, 5.74) is 0. The Kier molecular flexibility index (Phi) is 14.4. The molecule has 10 heteroatoms. The van der Waals surface area contributed by atoms with Crippen LogP contribution in [-0.4, -0.2) is 64.4 Å². The van der Waals surface area contributed by atoms with Crippen molar-refractivity contribution in [1.82, 2.24) is 10.6 Å². The molecule has 0 aromatic rings. The van der Waals surface area contributed by atoms with Gasteiger partial charge >= 0.3 is 15.2 Å². The summed E-state index contributed by atoms with van der Waals surface area (Å²) in [6, 6.07) is 0.162. The third-order valence-corrected chi connectivity index (χ3v) is 7.34. The van der Waals surface area contributed by atoms with Crippen molar-refractivity contribution in [2.75, 3.05) is 58.4 Å². The molecule has 2 N–H and O–H groups in total. The molecule has 0 aromatic carbocycles. The zero-order valence-electron chi connectivity index (χ0n) is 16.3. The number of hydrogen-bond acceptors (Lipinski definition) is 8. The van der Waals surface area contributed by atoms with Gasteiger partial charge in [0.1, 0.15) is 0 Å². The van der Waals surface area contributed by atoms with E-state index in [9.17, 15) is 9.13 Å². The largest absolute Gasteiger partial charge is 0.331 e. The maximum Gasteiger partial charge on any atom is 0.331 e. The van der Waals surface area contributed by atoms with Gasteiger partial charge in [0.25, 0.3) is 0 Å². The quantitative estimate of drug-likeness (QED) is 0.283. The molecule has 0 saturated carbocycles. The van der Waals surface area contributed by atoms with Gasteiger partial charge in [-0.3, -0.25) is 9.13 Å². The van der Waals surface area contributed by atoms with Crippen LogP contribution in [0.25, 0.3) is 0 Å². The highest BCUT2D eigenvalue weighted by atomic mass is 31.2. The summed E-state index contributed by atoms with van der Waals surface area (Å²) in [7, 11) is -5.99. The summed E-state index contributed by atoms with van der Waals surface area (Å²) in [6.07, 6.45) is 0.675. The Balaban J connectivity index is 4.02. The van der Waals surface area contributed by atoms with Crippen molar-refractivity contribution in [3.8, 4) is 0 Å². The fourth-order valence-electron chi connectivity index (χ4n) is 2.17. The molecule has 25 heavy (non-hydrogen) atoms. The molecule has 1 unspecified atom stereocenters. The van der Waals surface area contributed by atoms with Crippen molar-refractivity contribution in [2.24, 2.45) is 0 Å². The Labute approximate surface area is 152 Å². The lowest BCUT2D eigenvalue weighted by Gasteiger charge is -2.20. The maximum atomic E-state index is 12.3. The zero-order chi connectivity index (χ0) is 19.2. The Hall–Kier alpha value is 0.220. The summed E-state index contributed by atoms with van der Waals surface area (Å²) in [6.45, 7) is 12.5. The van der Waals surface area contributed by atoms with E-state index in [1.807, 2.05) is 6.92 Å². The lowest BCUT2D eigenvalue weighted by atomic mass is 10.3. The summed E-state index contributed by atoms with van der Waals surface area (Å²) in [5.74, 6) is 0. The standard InChI is InChI=1S/C15H36N2O6P2/c1-6-20-24(18,21-7-2)12-10-16-14-15(5)17-11-13-25(19,22-8-3)23-9-4/h15-17H,6-14H2,1-5H3. The average molecular weight is 402 g/mol. The van der Waals surface area contributed by atoms with Gasteiger partial charge in [-0.25, -0.2) is 0 Å². The van der Waals surface area contributed by atoms with Crippen molar-refractivity contribution in [3.63, 3.8) is 0 Å². The maximum absolute atomic E-state index is 12.3. The van der Waals surface area contributed by atoms with Gasteiger partial charge in [0.05, 0.1) is 38.8 Å². The van der Waals surface area contributed by atoms with Crippen LogP contribution in [0.15, 0.2) is 0 Å². The fourth-order valence-corrected chi connectivity index (χ4v) is 5.25. The van der Waals surface area contributed by atoms with Crippen LogP contribution in [0.2, 0.25) is 0 Å². The van der Waals surface area contributed by atoms with E-state index in [0.29, 0.717) is 58.4 Å². The second-order valence-corrected chi connectivity index (χ2v) is 9.77. The van der Waals surface area contributed by atoms with Crippen molar-refractivity contribution < 1.29 is 27.2 Å². The number of hydrogen-bond donors (Lipinski definition) is 2. The molecule has 0 aliphatic heterocycles. The number of nitrogens with one attached hydrogen (secondary N) is 2. The molecular formula is C15H36N2O6P2. The monoisotopic (exact) mass is 402 g/mol. The van der Waals surface area contributed by atoms with Crippen LogP contribution in [0, 0.1) is 0 Å². The molecule has 0 aromatic heterocycles. The minimum absolute atomic E-state index is 0.162. The molecule has 0 aliphatic carbocycles. The van der Waals surface area contributed by atoms with Crippen LogP contribution in [0.5, 0.6) is 0 Å². The molecule has 0 aliphatic rings. The van der Waals surface area contributed by atoms with E-state index >= 15 is 0 Å². The first kappa shape index (κ1) is 25.2. The molecule has 0 heterocycles. The molecule has 0 spiro atoms. The normalized spacial score (nSPS) is 14.0. The number of rotatable bonds is 17. The molecule has 0 fully saturated rings. The minimum Gasteiger partial charge on any atom is -0.315 e. The molecule has 8 nitrogen and oxygen atoms in total. The second kappa shape index (κ2) is 14.3. The van der Waals surface area contributed by atoms with Gasteiger partial charge in [-0.1, -0.05) is 0 Å². The van der Waals surface area contributed by atoms with Crippen molar-refractivity contribution in [2.45, 2.75) is 40.7 Å². The van der Waals surface area contributed by atoms with Gasteiger partial charge in [-0.15, -0.1) is 0 Å². The smallest absolute Gasteiger partial charge is 0.315 e. The van der Waals surface area contributed by atoms with Crippen molar-refractivity contribution in [3.05, 3.63) is 0 Å². The van der Waals surface area contributed by atoms with E-state index in [2.05, 4.69) is 10.6 Å². The lowest BCUT2D eigenvalue weighted by molar-refractivity contribution is 0.218. The van der Waals surface area contributed by atoms with E-state index in [1.165, 1.54) is 0 Å². The van der Waals surface area contributed by atoms with Crippen LogP contribution >= 0.6 is 15.2 Å². The molecule has 152 valence electrons. The average Bonchev–Trinajstić information content (AvgIpc) is 2.52. The highest BCUT2D eigenvalue weighted by Crippen LogP contribution is 2.47. The van der Waals surface area contributed by atoms with E-state index < -0.39 is 15.2 Å². The second-order valence-electron chi connectivity index (χ2n) is 5.40. The summed E-state index contributed by atoms with van der Waals surface area (Å²) >= 11 is 0. The van der Waals surface area contributed by atoms with Gasteiger partial charge in [-0.05, 0) is 34.6 Å². The molecule has 0 amide bonds. The van der Waals surface area contributed by atoms with Crippen LogP contribution in [-0.2, 0) is 27.2 Å². The fraction of sp³-hybridized carbons (Fsp3) is 1.00. The molecule has 0 saturated heterocycles. The third-order valence-electron chi connectivity index (χ3n) is 3.19. The Morgan fingerprint density at radius 3 is 1.56 bits per heavy atom. The zero-order valence-corrected chi connectivity index (χ0v) is 18.1. The first-order valence-corrected chi connectivity index (χ1v) is 12.5. The van der Waals surface area contributed by atoms with Crippen molar-refractivity contribution >= 4 is 15.2 Å². The lowest BCUT2D eigenvalue weighted by Crippen LogP contribution is -2.38. The first-order chi connectivity index (χ1) is 11.8. The molecule has 0 bridgehead atoms. The van der Waals surface area contributed by atoms with E-state index in [0.717, 1.165) is 0 Å². The van der Waals surface area contributed by atoms with E-state index in [-0.39, 0.29) is 6.04 Å².